The van der Waals surface area contributed by atoms with E-state index in [4.69, 9.17) is 0 Å². The summed E-state index contributed by atoms with van der Waals surface area (Å²) in [7, 11) is 0. The number of aliphatic hydroxyl groups excluding tert-OH is 1. The van der Waals surface area contributed by atoms with Crippen LogP contribution in [-0.4, -0.2) is 88.8 Å². The maximum absolute atomic E-state index is 14.2. The number of aliphatic hydroxyl groups is 1. The molecule has 0 bridgehead atoms. The van der Waals surface area contributed by atoms with E-state index in [1.165, 1.54) is 0 Å². The monoisotopic (exact) mass is 612 g/mol. The van der Waals surface area contributed by atoms with Crippen molar-refractivity contribution >= 4 is 41.1 Å². The average Bonchev–Trinajstić information content (AvgIpc) is 3.72. The minimum absolute atomic E-state index is 0.0724. The van der Waals surface area contributed by atoms with Crippen LogP contribution in [0.3, 0.4) is 0 Å². The zero-order valence-corrected chi connectivity index (χ0v) is 25.6. The second-order valence-corrected chi connectivity index (χ2v) is 13.0. The number of benzene rings is 1. The number of likely N-dealkylation sites (tertiary alicyclic amines) is 1. The Labute approximate surface area is 257 Å². The summed E-state index contributed by atoms with van der Waals surface area (Å²) in [5.41, 5.74) is -0.330. The molecule has 6 amide bonds. The van der Waals surface area contributed by atoms with Gasteiger partial charge < -0.3 is 36.6 Å². The molecule has 2 aliphatic carbocycles. The highest BCUT2D eigenvalue weighted by molar-refractivity contribution is 6.39. The van der Waals surface area contributed by atoms with Crippen LogP contribution < -0.4 is 26.6 Å². The minimum Gasteiger partial charge on any atom is -0.381 e. The maximum Gasteiger partial charge on any atom is 0.313 e. The van der Waals surface area contributed by atoms with Crippen LogP contribution in [0.1, 0.15) is 65.7 Å². The predicted molar refractivity (Wildman–Crippen MR) is 161 cm³/mol. The molecule has 0 spiro atoms. The molecular formula is C31H44N6O7. The highest BCUT2D eigenvalue weighted by Gasteiger charge is 2.50. The molecule has 1 heterocycles. The highest BCUT2D eigenvalue weighted by Crippen LogP contribution is 2.41. The van der Waals surface area contributed by atoms with E-state index >= 15 is 0 Å². The first-order valence-corrected chi connectivity index (χ1v) is 15.4. The molecule has 3 fully saturated rings. The van der Waals surface area contributed by atoms with E-state index in [9.17, 15) is 33.9 Å². The van der Waals surface area contributed by atoms with Gasteiger partial charge in [-0.05, 0) is 55.6 Å². The lowest BCUT2D eigenvalue weighted by molar-refractivity contribution is -0.146. The topological polar surface area (TPSA) is 186 Å². The lowest BCUT2D eigenvalue weighted by atomic mass is 9.83. The molecule has 44 heavy (non-hydrogen) atoms. The van der Waals surface area contributed by atoms with Crippen LogP contribution in [0.5, 0.6) is 0 Å². The minimum atomic E-state index is -1.40. The van der Waals surface area contributed by atoms with Crippen molar-refractivity contribution in [3.63, 3.8) is 0 Å². The number of rotatable bonds is 10. The summed E-state index contributed by atoms with van der Waals surface area (Å²) in [6.45, 7) is 4.57. The lowest BCUT2D eigenvalue weighted by Gasteiger charge is -2.39. The summed E-state index contributed by atoms with van der Waals surface area (Å²) in [5, 5.41) is 23.1. The maximum atomic E-state index is 14.2. The van der Waals surface area contributed by atoms with Gasteiger partial charge in [-0.2, -0.15) is 0 Å². The third-order valence-electron chi connectivity index (χ3n) is 8.41. The number of amides is 6. The predicted octanol–water partition coefficient (Wildman–Crippen LogP) is 0.188. The Morgan fingerprint density at radius 1 is 0.932 bits per heavy atom. The molecule has 13 heteroatoms. The third-order valence-corrected chi connectivity index (χ3v) is 8.41. The number of carbonyl (C=O) groups excluding carboxylic acids is 6. The molecule has 240 valence electrons. The van der Waals surface area contributed by atoms with E-state index < -0.39 is 65.6 Å². The molecule has 1 aliphatic heterocycles. The molecule has 3 aliphatic rings. The Balaban J connectivity index is 1.39. The van der Waals surface area contributed by atoms with Crippen molar-refractivity contribution in [2.24, 2.45) is 11.3 Å². The molecule has 1 saturated heterocycles. The van der Waals surface area contributed by atoms with Crippen LogP contribution in [0, 0.1) is 11.3 Å². The molecule has 1 aromatic rings. The van der Waals surface area contributed by atoms with Crippen LogP contribution in [0.25, 0.3) is 0 Å². The van der Waals surface area contributed by atoms with Crippen molar-refractivity contribution < 1.29 is 33.9 Å². The van der Waals surface area contributed by atoms with Gasteiger partial charge in [-0.1, -0.05) is 51.8 Å². The Hall–Kier alpha value is -4.00. The molecule has 5 atom stereocenters. The molecular weight excluding hydrogens is 568 g/mol. The fourth-order valence-corrected chi connectivity index (χ4v) is 5.90. The standard InChI is InChI=1S/C31H44N6O7/c1-31(2,3)25(36-24(39)17-33-28(42)29(43)35-19-10-5-4-6-11-19)30(44)37-21-12-8-7-9-18(21)15-22(37)26(40)32-16-23(38)27(41)34-20-13-14-20/h4-6,10-11,18,20-23,25,38H,7-9,12-17H2,1-3H3,(H,32,40)(H,33,42)(H,34,41)(H,35,43)(H,36,39)/t18?,21?,22-,23?,25+/m0/s1. The van der Waals surface area contributed by atoms with Gasteiger partial charge in [-0.3, -0.25) is 28.8 Å². The van der Waals surface area contributed by atoms with Crippen LogP contribution in [0.15, 0.2) is 30.3 Å². The van der Waals surface area contributed by atoms with Gasteiger partial charge in [0.2, 0.25) is 17.7 Å². The number of carbonyl (C=O) groups is 6. The zero-order chi connectivity index (χ0) is 32.0. The third kappa shape index (κ3) is 8.55. The normalized spacial score (nSPS) is 22.5. The molecule has 2 saturated carbocycles. The fraction of sp³-hybridized carbons (Fsp3) is 0.613. The Kier molecular flexibility index (Phi) is 10.6. The van der Waals surface area contributed by atoms with E-state index in [-0.39, 0.29) is 24.5 Å². The van der Waals surface area contributed by atoms with E-state index in [0.29, 0.717) is 12.1 Å². The molecule has 0 radical (unpaired) electrons. The number of fused-ring (bicyclic) bond motifs is 1. The number of hydrogen-bond acceptors (Lipinski definition) is 7. The Morgan fingerprint density at radius 3 is 2.27 bits per heavy atom. The summed E-state index contributed by atoms with van der Waals surface area (Å²) in [6, 6.07) is 6.44. The smallest absolute Gasteiger partial charge is 0.313 e. The molecule has 3 unspecified atom stereocenters. The Morgan fingerprint density at radius 2 is 1.61 bits per heavy atom. The van der Waals surface area contributed by atoms with Gasteiger partial charge in [0.1, 0.15) is 18.2 Å². The summed E-state index contributed by atoms with van der Waals surface area (Å²) in [4.78, 5) is 78.8. The number of nitrogens with one attached hydrogen (secondary N) is 5. The van der Waals surface area contributed by atoms with E-state index in [1.54, 1.807) is 56.0 Å². The van der Waals surface area contributed by atoms with Crippen molar-refractivity contribution in [2.45, 2.75) is 96.0 Å². The van der Waals surface area contributed by atoms with Gasteiger partial charge in [0, 0.05) is 17.8 Å². The van der Waals surface area contributed by atoms with Crippen molar-refractivity contribution in [2.75, 3.05) is 18.4 Å². The molecule has 13 nitrogen and oxygen atoms in total. The van der Waals surface area contributed by atoms with Crippen molar-refractivity contribution in [3.8, 4) is 0 Å². The summed E-state index contributed by atoms with van der Waals surface area (Å²) >= 11 is 0. The molecule has 0 aromatic heterocycles. The number of para-hydroxylation sites is 1. The van der Waals surface area contributed by atoms with Crippen LogP contribution in [-0.2, 0) is 28.8 Å². The molecule has 1 aromatic carbocycles. The molecule has 6 N–H and O–H groups in total. The van der Waals surface area contributed by atoms with E-state index in [0.717, 1.165) is 38.5 Å². The SMILES string of the molecule is CC(C)(C)[C@H](NC(=O)CNC(=O)C(=O)Nc1ccccc1)C(=O)N1C2CCCCC2C[C@H]1C(=O)NCC(O)C(=O)NC1CC1. The van der Waals surface area contributed by atoms with Crippen LogP contribution in [0.2, 0.25) is 0 Å². The van der Waals surface area contributed by atoms with Gasteiger partial charge in [0.25, 0.3) is 5.91 Å². The first-order valence-electron chi connectivity index (χ1n) is 15.4. The van der Waals surface area contributed by atoms with Gasteiger partial charge >= 0.3 is 11.8 Å². The first kappa shape index (κ1) is 32.9. The summed E-state index contributed by atoms with van der Waals surface area (Å²) in [5.74, 6) is -3.90. The first-order chi connectivity index (χ1) is 20.8. The number of anilines is 1. The van der Waals surface area contributed by atoms with E-state index in [1.807, 2.05) is 0 Å². The van der Waals surface area contributed by atoms with Gasteiger partial charge in [-0.15, -0.1) is 0 Å². The quantitative estimate of drug-likeness (QED) is 0.204. The van der Waals surface area contributed by atoms with Gasteiger partial charge in [-0.25, -0.2) is 0 Å². The zero-order valence-electron chi connectivity index (χ0n) is 25.6. The Bertz CT molecular complexity index is 1250. The van der Waals surface area contributed by atoms with Gasteiger partial charge in [0.05, 0.1) is 13.1 Å². The number of nitrogens with zero attached hydrogens (tertiary/aromatic N) is 1. The van der Waals surface area contributed by atoms with Crippen molar-refractivity contribution in [1.29, 1.82) is 0 Å². The van der Waals surface area contributed by atoms with Crippen LogP contribution >= 0.6 is 0 Å². The lowest BCUT2D eigenvalue weighted by Crippen LogP contribution is -2.61. The van der Waals surface area contributed by atoms with Crippen molar-refractivity contribution in [1.82, 2.24) is 26.2 Å². The van der Waals surface area contributed by atoms with E-state index in [2.05, 4.69) is 26.6 Å². The average molecular weight is 613 g/mol. The molecule has 4 rings (SSSR count). The number of hydrogen-bond donors (Lipinski definition) is 6. The van der Waals surface area contributed by atoms with Crippen LogP contribution in [0.4, 0.5) is 5.69 Å². The highest BCUT2D eigenvalue weighted by atomic mass is 16.3. The second-order valence-electron chi connectivity index (χ2n) is 13.0. The summed E-state index contributed by atoms with van der Waals surface area (Å²) < 4.78 is 0. The second kappa shape index (κ2) is 14.2. The fourth-order valence-electron chi connectivity index (χ4n) is 5.90. The van der Waals surface area contributed by atoms with Crippen molar-refractivity contribution in [3.05, 3.63) is 30.3 Å². The summed E-state index contributed by atoms with van der Waals surface area (Å²) in [6.07, 6.45) is 4.28. The largest absolute Gasteiger partial charge is 0.381 e. The van der Waals surface area contributed by atoms with Gasteiger partial charge in [0.15, 0.2) is 0 Å².